The molecule has 74 valence electrons. The molecule has 0 saturated heterocycles. The second-order valence-electron chi connectivity index (χ2n) is 2.79. The van der Waals surface area contributed by atoms with E-state index in [2.05, 4.69) is 5.10 Å². The summed E-state index contributed by atoms with van der Waals surface area (Å²) in [4.78, 5) is 0. The van der Waals surface area contributed by atoms with Gasteiger partial charge >= 0.3 is 6.18 Å². The number of halogens is 3. The van der Waals surface area contributed by atoms with Crippen LogP contribution in [0.25, 0.3) is 0 Å². The van der Waals surface area contributed by atoms with Crippen molar-refractivity contribution in [3.05, 3.63) is 18.0 Å². The molecule has 0 spiro atoms. The first-order chi connectivity index (χ1) is 5.95. The summed E-state index contributed by atoms with van der Waals surface area (Å²) in [5.74, 6) is 0. The van der Waals surface area contributed by atoms with Gasteiger partial charge in [-0.1, -0.05) is 0 Å². The molecule has 6 heteroatoms. The minimum atomic E-state index is -4.34. The first kappa shape index (κ1) is 10.0. The van der Waals surface area contributed by atoms with Crippen LogP contribution in [0.4, 0.5) is 13.2 Å². The van der Waals surface area contributed by atoms with Crippen LogP contribution in [0.2, 0.25) is 0 Å². The Bertz CT molecular complexity index is 279. The van der Waals surface area contributed by atoms with Crippen molar-refractivity contribution in [2.45, 2.75) is 19.1 Å². The highest BCUT2D eigenvalue weighted by Gasteiger charge is 2.40. The fraction of sp³-hybridized carbons (Fsp3) is 0.571. The van der Waals surface area contributed by atoms with Crippen molar-refractivity contribution in [2.24, 2.45) is 5.73 Å². The fourth-order valence-corrected chi connectivity index (χ4v) is 0.995. The van der Waals surface area contributed by atoms with Crippen LogP contribution in [0.3, 0.4) is 0 Å². The van der Waals surface area contributed by atoms with Gasteiger partial charge in [-0.2, -0.15) is 18.3 Å². The number of nitrogens with zero attached hydrogens (tertiary/aromatic N) is 2. The molecule has 0 saturated carbocycles. The Morgan fingerprint density at radius 2 is 2.23 bits per heavy atom. The number of hydrogen-bond donors (Lipinski definition) is 1. The van der Waals surface area contributed by atoms with Gasteiger partial charge in [0.05, 0.1) is 6.20 Å². The highest BCUT2D eigenvalue weighted by Crippen LogP contribution is 2.28. The molecule has 13 heavy (non-hydrogen) atoms. The quantitative estimate of drug-likeness (QED) is 0.768. The lowest BCUT2D eigenvalue weighted by Crippen LogP contribution is -2.33. The maximum absolute atomic E-state index is 12.3. The summed E-state index contributed by atoms with van der Waals surface area (Å²) >= 11 is 0. The predicted molar refractivity (Wildman–Crippen MR) is 41.1 cm³/mol. The molecule has 1 aromatic rings. The van der Waals surface area contributed by atoms with Gasteiger partial charge in [0.15, 0.2) is 6.04 Å². The summed E-state index contributed by atoms with van der Waals surface area (Å²) in [6, 6.07) is -1.72. The molecule has 0 aliphatic rings. The number of aryl methyl sites for hydroxylation is 1. The van der Waals surface area contributed by atoms with Crippen molar-refractivity contribution in [1.82, 2.24) is 9.78 Å². The van der Waals surface area contributed by atoms with Gasteiger partial charge in [0.2, 0.25) is 0 Å². The monoisotopic (exact) mass is 193 g/mol. The molecule has 1 aromatic heterocycles. The normalized spacial score (nSPS) is 14.5. The molecule has 2 N–H and O–H groups in total. The second kappa shape index (κ2) is 3.37. The summed E-state index contributed by atoms with van der Waals surface area (Å²) in [6.07, 6.45) is -1.65. The van der Waals surface area contributed by atoms with Crippen LogP contribution in [0, 0.1) is 6.92 Å². The van der Waals surface area contributed by atoms with Gasteiger partial charge in [-0.3, -0.25) is 4.68 Å². The molecule has 0 fully saturated rings. The Kier molecular flexibility index (Phi) is 2.60. The number of aromatic nitrogens is 2. The zero-order chi connectivity index (χ0) is 10.1. The summed E-state index contributed by atoms with van der Waals surface area (Å²) < 4.78 is 37.7. The Morgan fingerprint density at radius 1 is 1.62 bits per heavy atom. The van der Waals surface area contributed by atoms with E-state index in [1.54, 1.807) is 6.92 Å². The number of nitrogens with two attached hydrogens (primary N) is 1. The van der Waals surface area contributed by atoms with E-state index < -0.39 is 18.8 Å². The molecule has 3 nitrogen and oxygen atoms in total. The van der Waals surface area contributed by atoms with E-state index in [-0.39, 0.29) is 0 Å². The summed E-state index contributed by atoms with van der Waals surface area (Å²) in [5, 5.41) is 3.57. The lowest BCUT2D eigenvalue weighted by Gasteiger charge is -2.18. The summed E-state index contributed by atoms with van der Waals surface area (Å²) in [5.41, 5.74) is 5.70. The molecule has 0 aromatic carbocycles. The van der Waals surface area contributed by atoms with Crippen molar-refractivity contribution in [1.29, 1.82) is 0 Å². The Labute approximate surface area is 73.3 Å². The number of hydrogen-bond acceptors (Lipinski definition) is 2. The van der Waals surface area contributed by atoms with Crippen LogP contribution in [0.1, 0.15) is 11.6 Å². The van der Waals surface area contributed by atoms with E-state index in [0.717, 1.165) is 4.68 Å². The van der Waals surface area contributed by atoms with Crippen LogP contribution in [-0.4, -0.2) is 22.5 Å². The van der Waals surface area contributed by atoms with Gasteiger partial charge < -0.3 is 5.73 Å². The SMILES string of the molecule is Cc1cnn(C(CN)C(F)(F)F)c1. The summed E-state index contributed by atoms with van der Waals surface area (Å²) in [6.45, 7) is 1.18. The molecule has 1 atom stereocenters. The van der Waals surface area contributed by atoms with E-state index in [1.165, 1.54) is 12.4 Å². The second-order valence-corrected chi connectivity index (χ2v) is 2.79. The molecular weight excluding hydrogens is 183 g/mol. The smallest absolute Gasteiger partial charge is 0.328 e. The van der Waals surface area contributed by atoms with E-state index >= 15 is 0 Å². The molecule has 1 heterocycles. The van der Waals surface area contributed by atoms with Crippen molar-refractivity contribution < 1.29 is 13.2 Å². The molecule has 1 unspecified atom stereocenters. The van der Waals surface area contributed by atoms with Gasteiger partial charge in [-0.15, -0.1) is 0 Å². The zero-order valence-corrected chi connectivity index (χ0v) is 7.04. The summed E-state index contributed by atoms with van der Waals surface area (Å²) in [7, 11) is 0. The first-order valence-electron chi connectivity index (χ1n) is 3.72. The van der Waals surface area contributed by atoms with Crippen LogP contribution in [0.5, 0.6) is 0 Å². The Morgan fingerprint density at radius 3 is 2.54 bits per heavy atom. The van der Waals surface area contributed by atoms with Gasteiger partial charge in [0.25, 0.3) is 0 Å². The average molecular weight is 193 g/mol. The number of alkyl halides is 3. The van der Waals surface area contributed by atoms with Crippen LogP contribution >= 0.6 is 0 Å². The van der Waals surface area contributed by atoms with Crippen molar-refractivity contribution in [3.63, 3.8) is 0 Å². The molecule has 0 aliphatic carbocycles. The molecule has 0 amide bonds. The fourth-order valence-electron chi connectivity index (χ4n) is 0.995. The topological polar surface area (TPSA) is 43.8 Å². The van der Waals surface area contributed by atoms with E-state index in [4.69, 9.17) is 5.73 Å². The van der Waals surface area contributed by atoms with Gasteiger partial charge in [-0.25, -0.2) is 0 Å². The molecular formula is C7H10F3N3. The third-order valence-corrected chi connectivity index (χ3v) is 1.65. The lowest BCUT2D eigenvalue weighted by molar-refractivity contribution is -0.167. The van der Waals surface area contributed by atoms with Crippen molar-refractivity contribution in [2.75, 3.05) is 6.54 Å². The predicted octanol–water partition coefficient (Wildman–Crippen LogP) is 1.25. The standard InChI is InChI=1S/C7H10F3N3/c1-5-3-12-13(4-5)6(2-11)7(8,9)10/h3-4,6H,2,11H2,1H3. The highest BCUT2D eigenvalue weighted by atomic mass is 19.4. The first-order valence-corrected chi connectivity index (χ1v) is 3.72. The zero-order valence-electron chi connectivity index (χ0n) is 7.04. The Balaban J connectivity index is 2.91. The van der Waals surface area contributed by atoms with E-state index in [1.807, 2.05) is 0 Å². The van der Waals surface area contributed by atoms with Crippen molar-refractivity contribution in [3.8, 4) is 0 Å². The molecule has 1 rings (SSSR count). The Hall–Kier alpha value is -1.04. The largest absolute Gasteiger partial charge is 0.412 e. The average Bonchev–Trinajstić information content (AvgIpc) is 2.34. The minimum absolute atomic E-state index is 0.495. The van der Waals surface area contributed by atoms with Gasteiger partial charge in [0, 0.05) is 12.7 Å². The van der Waals surface area contributed by atoms with Crippen LogP contribution < -0.4 is 5.73 Å². The minimum Gasteiger partial charge on any atom is -0.328 e. The maximum Gasteiger partial charge on any atom is 0.412 e. The third kappa shape index (κ3) is 2.21. The van der Waals surface area contributed by atoms with Gasteiger partial charge in [0.1, 0.15) is 0 Å². The van der Waals surface area contributed by atoms with E-state index in [9.17, 15) is 13.2 Å². The molecule has 0 bridgehead atoms. The van der Waals surface area contributed by atoms with Gasteiger partial charge in [-0.05, 0) is 12.5 Å². The number of rotatable bonds is 2. The maximum atomic E-state index is 12.3. The van der Waals surface area contributed by atoms with E-state index in [0.29, 0.717) is 5.56 Å². The van der Waals surface area contributed by atoms with Crippen LogP contribution in [-0.2, 0) is 0 Å². The van der Waals surface area contributed by atoms with Crippen LogP contribution in [0.15, 0.2) is 12.4 Å². The molecule has 0 radical (unpaired) electrons. The molecule has 0 aliphatic heterocycles. The third-order valence-electron chi connectivity index (χ3n) is 1.65. The lowest BCUT2D eigenvalue weighted by atomic mass is 10.3. The van der Waals surface area contributed by atoms with Crippen molar-refractivity contribution >= 4 is 0 Å². The highest BCUT2D eigenvalue weighted by molar-refractivity contribution is 5.01.